The Morgan fingerprint density at radius 2 is 1.91 bits per heavy atom. The fourth-order valence-corrected chi connectivity index (χ4v) is 3.15. The highest BCUT2D eigenvalue weighted by atomic mass is 35.5. The minimum Gasteiger partial charge on any atom is -0.490 e. The van der Waals surface area contributed by atoms with E-state index in [2.05, 4.69) is 0 Å². The molecule has 0 aromatic heterocycles. The Kier molecular flexibility index (Phi) is 6.92. The fraction of sp³-hybridized carbons (Fsp3) is 0.625. The molecule has 0 bridgehead atoms. The number of benzene rings is 1. The van der Waals surface area contributed by atoms with Crippen LogP contribution >= 0.6 is 11.6 Å². The molecule has 0 amide bonds. The van der Waals surface area contributed by atoms with Crippen LogP contribution in [0.3, 0.4) is 0 Å². The molecule has 1 aromatic carbocycles. The van der Waals surface area contributed by atoms with E-state index in [0.717, 1.165) is 44.0 Å². The number of aliphatic hydroxyl groups is 2. The van der Waals surface area contributed by atoms with Crippen molar-refractivity contribution < 1.29 is 24.7 Å². The molecule has 0 unspecified atom stereocenters. The lowest BCUT2D eigenvalue weighted by atomic mass is 10.2. The minimum atomic E-state index is -0.468. The van der Waals surface area contributed by atoms with Crippen molar-refractivity contribution in [2.75, 3.05) is 52.5 Å². The molecule has 22 heavy (non-hydrogen) atoms. The van der Waals surface area contributed by atoms with E-state index in [-0.39, 0.29) is 6.61 Å². The number of hydrogen-bond acceptors (Lipinski definition) is 3. The van der Waals surface area contributed by atoms with Gasteiger partial charge in [0.1, 0.15) is 57.7 Å². The third-order valence-corrected chi connectivity index (χ3v) is 4.46. The van der Waals surface area contributed by atoms with E-state index in [0.29, 0.717) is 18.2 Å². The summed E-state index contributed by atoms with van der Waals surface area (Å²) in [6, 6.07) is 5.50. The van der Waals surface area contributed by atoms with Crippen molar-refractivity contribution >= 4 is 11.6 Å². The zero-order valence-corrected chi connectivity index (χ0v) is 13.9. The van der Waals surface area contributed by atoms with Gasteiger partial charge in [0.2, 0.25) is 0 Å². The fourth-order valence-electron chi connectivity index (χ4n) is 2.92. The highest BCUT2D eigenvalue weighted by Gasteiger charge is 2.24. The van der Waals surface area contributed by atoms with Gasteiger partial charge in [-0.1, -0.05) is 11.6 Å². The van der Waals surface area contributed by atoms with Crippen molar-refractivity contribution in [3.8, 4) is 5.75 Å². The molecule has 1 aliphatic heterocycles. The number of piperazine rings is 1. The van der Waals surface area contributed by atoms with Crippen LogP contribution in [0.4, 0.5) is 0 Å². The van der Waals surface area contributed by atoms with Crippen molar-refractivity contribution in [2.24, 2.45) is 0 Å². The van der Waals surface area contributed by atoms with Crippen LogP contribution in [0.1, 0.15) is 5.56 Å². The molecule has 5 nitrogen and oxygen atoms in total. The predicted octanol–water partition coefficient (Wildman–Crippen LogP) is -1.84. The van der Waals surface area contributed by atoms with Gasteiger partial charge in [0.25, 0.3) is 0 Å². The van der Waals surface area contributed by atoms with E-state index < -0.39 is 6.10 Å². The van der Waals surface area contributed by atoms with Crippen LogP contribution in [0.25, 0.3) is 0 Å². The Morgan fingerprint density at radius 3 is 2.55 bits per heavy atom. The molecular formula is C16H27ClN2O3+2. The SMILES string of the molecule is Cc1cc(Cl)ccc1OC[C@H](O)C[NH+]1CC[NH+](CCO)CC1. The molecule has 1 fully saturated rings. The predicted molar refractivity (Wildman–Crippen MR) is 85.9 cm³/mol. The van der Waals surface area contributed by atoms with E-state index in [1.54, 1.807) is 6.07 Å². The summed E-state index contributed by atoms with van der Waals surface area (Å²) in [5, 5.41) is 19.8. The number of ether oxygens (including phenoxy) is 1. The van der Waals surface area contributed by atoms with Gasteiger partial charge in [0.15, 0.2) is 0 Å². The first-order chi connectivity index (χ1) is 10.6. The largest absolute Gasteiger partial charge is 0.490 e. The van der Waals surface area contributed by atoms with E-state index in [4.69, 9.17) is 21.4 Å². The molecule has 1 heterocycles. The molecule has 1 saturated heterocycles. The quantitative estimate of drug-likeness (QED) is 0.475. The maximum atomic E-state index is 10.2. The molecule has 6 heteroatoms. The Morgan fingerprint density at radius 1 is 1.23 bits per heavy atom. The highest BCUT2D eigenvalue weighted by molar-refractivity contribution is 6.30. The standard InChI is InChI=1S/C16H25ClN2O3/c1-13-10-14(17)2-3-16(13)22-12-15(21)11-19-6-4-18(5-7-19)8-9-20/h2-3,10,15,20-21H,4-9,11-12H2,1H3/p+2/t15-/m1/s1. The van der Waals surface area contributed by atoms with Gasteiger partial charge in [-0.05, 0) is 30.7 Å². The summed E-state index contributed by atoms with van der Waals surface area (Å²) in [5.74, 6) is 0.774. The first-order valence-corrected chi connectivity index (χ1v) is 8.31. The summed E-state index contributed by atoms with van der Waals surface area (Å²) < 4.78 is 5.69. The van der Waals surface area contributed by atoms with Crippen molar-refractivity contribution in [1.82, 2.24) is 0 Å². The average Bonchev–Trinajstić information content (AvgIpc) is 2.49. The number of rotatable bonds is 7. The molecule has 0 saturated carbocycles. The van der Waals surface area contributed by atoms with Crippen LogP contribution in [0.5, 0.6) is 5.75 Å². The van der Waals surface area contributed by atoms with Crippen LogP contribution in [0, 0.1) is 6.92 Å². The number of nitrogens with one attached hydrogen (secondary N) is 2. The summed E-state index contributed by atoms with van der Waals surface area (Å²) in [7, 11) is 0. The molecule has 0 radical (unpaired) electrons. The zero-order chi connectivity index (χ0) is 15.9. The third-order valence-electron chi connectivity index (χ3n) is 4.22. The average molecular weight is 331 g/mol. The molecule has 1 atom stereocenters. The van der Waals surface area contributed by atoms with Gasteiger partial charge in [0.05, 0.1) is 6.61 Å². The maximum absolute atomic E-state index is 10.2. The number of halogens is 1. The number of hydrogen-bond donors (Lipinski definition) is 4. The van der Waals surface area contributed by atoms with Gasteiger partial charge in [-0.15, -0.1) is 0 Å². The lowest BCUT2D eigenvalue weighted by molar-refractivity contribution is -1.01. The molecule has 0 aliphatic carbocycles. The first-order valence-electron chi connectivity index (χ1n) is 7.93. The highest BCUT2D eigenvalue weighted by Crippen LogP contribution is 2.21. The smallest absolute Gasteiger partial charge is 0.137 e. The van der Waals surface area contributed by atoms with Crippen molar-refractivity contribution in [3.05, 3.63) is 28.8 Å². The Hall–Kier alpha value is -0.850. The van der Waals surface area contributed by atoms with Gasteiger partial charge in [0, 0.05) is 5.02 Å². The summed E-state index contributed by atoms with van der Waals surface area (Å²) >= 11 is 5.92. The lowest BCUT2D eigenvalue weighted by Crippen LogP contribution is -3.28. The molecule has 2 rings (SSSR count). The number of aryl methyl sites for hydroxylation is 1. The molecule has 124 valence electrons. The monoisotopic (exact) mass is 330 g/mol. The van der Waals surface area contributed by atoms with E-state index >= 15 is 0 Å². The van der Waals surface area contributed by atoms with Crippen LogP contribution in [0.2, 0.25) is 5.02 Å². The molecular weight excluding hydrogens is 304 g/mol. The minimum absolute atomic E-state index is 0.252. The van der Waals surface area contributed by atoms with Gasteiger partial charge in [-0.3, -0.25) is 0 Å². The summed E-state index contributed by atoms with van der Waals surface area (Å²) in [4.78, 5) is 2.86. The van der Waals surface area contributed by atoms with Crippen LogP contribution in [0.15, 0.2) is 18.2 Å². The Bertz CT molecular complexity index is 465. The Labute approximate surface area is 137 Å². The lowest BCUT2D eigenvalue weighted by Gasteiger charge is -2.30. The van der Waals surface area contributed by atoms with Crippen molar-refractivity contribution in [3.63, 3.8) is 0 Å². The van der Waals surface area contributed by atoms with Gasteiger partial charge in [-0.25, -0.2) is 0 Å². The van der Waals surface area contributed by atoms with E-state index in [1.165, 1.54) is 9.80 Å². The Balaban J connectivity index is 1.71. The molecule has 1 aliphatic rings. The number of quaternary nitrogens is 2. The van der Waals surface area contributed by atoms with Crippen LogP contribution in [-0.4, -0.2) is 68.8 Å². The molecule has 1 aromatic rings. The topological polar surface area (TPSA) is 58.6 Å². The summed E-state index contributed by atoms with van der Waals surface area (Å²) in [6.07, 6.45) is -0.468. The van der Waals surface area contributed by atoms with Crippen LogP contribution < -0.4 is 14.5 Å². The van der Waals surface area contributed by atoms with Gasteiger partial charge < -0.3 is 24.7 Å². The van der Waals surface area contributed by atoms with Crippen LogP contribution in [-0.2, 0) is 0 Å². The maximum Gasteiger partial charge on any atom is 0.137 e. The van der Waals surface area contributed by atoms with E-state index in [9.17, 15) is 5.11 Å². The van der Waals surface area contributed by atoms with Gasteiger partial charge in [-0.2, -0.15) is 0 Å². The second kappa shape index (κ2) is 8.70. The number of aliphatic hydroxyl groups excluding tert-OH is 2. The van der Waals surface area contributed by atoms with E-state index in [1.807, 2.05) is 19.1 Å². The summed E-state index contributed by atoms with van der Waals surface area (Å²) in [5.41, 5.74) is 0.980. The third kappa shape index (κ3) is 5.41. The zero-order valence-electron chi connectivity index (χ0n) is 13.1. The second-order valence-electron chi connectivity index (χ2n) is 6.05. The van der Waals surface area contributed by atoms with Crippen molar-refractivity contribution in [1.29, 1.82) is 0 Å². The summed E-state index contributed by atoms with van der Waals surface area (Å²) in [6.45, 7) is 8.22. The second-order valence-corrected chi connectivity index (χ2v) is 6.49. The normalized spacial score (nSPS) is 23.3. The van der Waals surface area contributed by atoms with Crippen molar-refractivity contribution in [2.45, 2.75) is 13.0 Å². The molecule has 0 spiro atoms. The first kappa shape index (κ1) is 17.5. The van der Waals surface area contributed by atoms with Gasteiger partial charge >= 0.3 is 0 Å². The molecule has 4 N–H and O–H groups in total.